The zero-order valence-corrected chi connectivity index (χ0v) is 29.9. The molecule has 0 saturated carbocycles. The maximum Gasteiger partial charge on any atom is 0.261 e. The van der Waals surface area contributed by atoms with Gasteiger partial charge in [0.05, 0.1) is 19.8 Å². The molecule has 246 valence electrons. The molecule has 6 unspecified atom stereocenters. The Kier molecular flexibility index (Phi) is 12.6. The maximum atomic E-state index is 7.37. The van der Waals surface area contributed by atoms with Gasteiger partial charge in [-0.05, 0) is 41.2 Å². The normalized spacial score (nSPS) is 22.5. The lowest BCUT2D eigenvalue weighted by molar-refractivity contribution is -0.304. The second-order valence-electron chi connectivity index (χ2n) is 12.9. The molecule has 5 rings (SSSR count). The van der Waals surface area contributed by atoms with Crippen LogP contribution in [0.3, 0.4) is 0 Å². The minimum atomic E-state index is -2.88. The van der Waals surface area contributed by atoms with Crippen molar-refractivity contribution in [2.24, 2.45) is 0 Å². The molecular formula is C38H46BO6PSi. The van der Waals surface area contributed by atoms with E-state index >= 15 is 0 Å². The van der Waals surface area contributed by atoms with Crippen LogP contribution in [0.15, 0.2) is 121 Å². The Morgan fingerprint density at radius 1 is 0.681 bits per heavy atom. The summed E-state index contributed by atoms with van der Waals surface area (Å²) in [5.74, 6) is 0. The Labute approximate surface area is 284 Å². The van der Waals surface area contributed by atoms with Gasteiger partial charge in [-0.15, -0.1) is 0 Å². The molecule has 0 aromatic heterocycles. The third-order valence-electron chi connectivity index (χ3n) is 8.56. The van der Waals surface area contributed by atoms with Crippen molar-refractivity contribution >= 4 is 34.3 Å². The predicted octanol–water partition coefficient (Wildman–Crippen LogP) is 6.60. The third-order valence-corrected chi connectivity index (χ3v) is 14.1. The van der Waals surface area contributed by atoms with Crippen LogP contribution >= 0.6 is 8.03 Å². The fraction of sp³-hybridized carbons (Fsp3) is 0.368. The predicted molar refractivity (Wildman–Crippen MR) is 193 cm³/mol. The summed E-state index contributed by atoms with van der Waals surface area (Å²) < 4.78 is 39.8. The lowest BCUT2D eigenvalue weighted by Gasteiger charge is -2.48. The van der Waals surface area contributed by atoms with E-state index in [2.05, 4.69) is 81.4 Å². The van der Waals surface area contributed by atoms with Gasteiger partial charge in [-0.2, -0.15) is 0 Å². The number of hydrogen-bond acceptors (Lipinski definition) is 6. The van der Waals surface area contributed by atoms with Crippen molar-refractivity contribution in [1.82, 2.24) is 0 Å². The lowest BCUT2D eigenvalue weighted by atomic mass is 9.98. The number of hydrogen-bond donors (Lipinski definition) is 0. The zero-order valence-electron chi connectivity index (χ0n) is 28.0. The molecule has 1 heterocycles. The number of benzene rings is 4. The van der Waals surface area contributed by atoms with E-state index in [4.69, 9.17) is 35.5 Å². The van der Waals surface area contributed by atoms with Crippen LogP contribution in [0.2, 0.25) is 5.04 Å². The van der Waals surface area contributed by atoms with Gasteiger partial charge in [-0.25, -0.2) is 0 Å². The fourth-order valence-corrected chi connectivity index (χ4v) is 11.6. The Hall–Kier alpha value is -2.65. The minimum Gasteiger partial charge on any atom is -0.405 e. The van der Waals surface area contributed by atoms with Gasteiger partial charge in [0.25, 0.3) is 8.32 Å². The van der Waals surface area contributed by atoms with Crippen molar-refractivity contribution < 1.29 is 27.9 Å². The summed E-state index contributed by atoms with van der Waals surface area (Å²) in [4.78, 5) is 0. The Morgan fingerprint density at radius 3 is 1.55 bits per heavy atom. The molecule has 0 bridgehead atoms. The molecule has 9 heteroatoms. The van der Waals surface area contributed by atoms with Gasteiger partial charge in [0.15, 0.2) is 6.29 Å². The van der Waals surface area contributed by atoms with Gasteiger partial charge in [0, 0.05) is 7.11 Å². The average Bonchev–Trinajstić information content (AvgIpc) is 3.08. The van der Waals surface area contributed by atoms with Gasteiger partial charge < -0.3 is 27.9 Å². The van der Waals surface area contributed by atoms with E-state index in [0.29, 0.717) is 13.2 Å². The van der Waals surface area contributed by atoms with Gasteiger partial charge in [-0.1, -0.05) is 142 Å². The van der Waals surface area contributed by atoms with Crippen molar-refractivity contribution in [3.05, 3.63) is 132 Å². The number of rotatable bonds is 14. The van der Waals surface area contributed by atoms with E-state index in [1.54, 1.807) is 7.11 Å². The van der Waals surface area contributed by atoms with Crippen LogP contribution in [0.25, 0.3) is 0 Å². The molecule has 6 atom stereocenters. The topological polar surface area (TPSA) is 55.4 Å². The van der Waals surface area contributed by atoms with Crippen molar-refractivity contribution in [1.29, 1.82) is 0 Å². The highest BCUT2D eigenvalue weighted by Gasteiger charge is 2.53. The molecular weight excluding hydrogens is 622 g/mol. The van der Waals surface area contributed by atoms with Crippen LogP contribution < -0.4 is 10.4 Å². The highest BCUT2D eigenvalue weighted by molar-refractivity contribution is 7.77. The summed E-state index contributed by atoms with van der Waals surface area (Å²) in [5.41, 5.74) is 2.09. The summed E-state index contributed by atoms with van der Waals surface area (Å²) in [5, 5.41) is 2.17. The number of ether oxygens (including phenoxy) is 4. The monoisotopic (exact) mass is 668 g/mol. The SMILES string of the molecule is [B]P(C)OC1C(OC)OC(CO[Si](c2ccccc2)(c2ccccc2)C(C)(C)C)C(OCc2ccccc2)C1OCc1ccccc1. The van der Waals surface area contributed by atoms with Crippen LogP contribution in [-0.4, -0.2) is 67.0 Å². The van der Waals surface area contributed by atoms with E-state index < -0.39 is 47.1 Å². The molecule has 47 heavy (non-hydrogen) atoms. The van der Waals surface area contributed by atoms with Crippen molar-refractivity contribution in [3.8, 4) is 0 Å². The van der Waals surface area contributed by atoms with Crippen LogP contribution in [0.4, 0.5) is 0 Å². The van der Waals surface area contributed by atoms with Crippen LogP contribution in [-0.2, 0) is 41.1 Å². The Morgan fingerprint density at radius 2 is 1.13 bits per heavy atom. The smallest absolute Gasteiger partial charge is 0.261 e. The minimum absolute atomic E-state index is 0.210. The summed E-state index contributed by atoms with van der Waals surface area (Å²) in [6, 6.07) is 41.4. The van der Waals surface area contributed by atoms with E-state index in [1.807, 2.05) is 67.3 Å². The molecule has 1 saturated heterocycles. The molecule has 0 aliphatic carbocycles. The maximum absolute atomic E-state index is 7.37. The fourth-order valence-electron chi connectivity index (χ4n) is 6.40. The molecule has 0 amide bonds. The van der Waals surface area contributed by atoms with Crippen LogP contribution in [0.5, 0.6) is 0 Å². The quantitative estimate of drug-likeness (QED) is 0.112. The van der Waals surface area contributed by atoms with Gasteiger partial charge in [-0.3, -0.25) is 0 Å². The molecule has 2 radical (unpaired) electrons. The third kappa shape index (κ3) is 8.69. The van der Waals surface area contributed by atoms with Gasteiger partial charge in [0.1, 0.15) is 32.0 Å². The second kappa shape index (κ2) is 16.6. The van der Waals surface area contributed by atoms with E-state index in [1.165, 1.54) is 10.4 Å². The number of methoxy groups -OCH3 is 1. The van der Waals surface area contributed by atoms with Crippen LogP contribution in [0, 0.1) is 0 Å². The first-order valence-corrected chi connectivity index (χ1v) is 19.8. The van der Waals surface area contributed by atoms with Crippen molar-refractivity contribution in [2.75, 3.05) is 20.4 Å². The van der Waals surface area contributed by atoms with E-state index in [-0.39, 0.29) is 11.6 Å². The summed E-state index contributed by atoms with van der Waals surface area (Å²) in [6.07, 6.45) is -3.00. The van der Waals surface area contributed by atoms with E-state index in [0.717, 1.165) is 11.1 Å². The first-order valence-electron chi connectivity index (χ1n) is 16.1. The molecule has 4 aromatic rings. The molecule has 1 aliphatic rings. The Balaban J connectivity index is 1.54. The van der Waals surface area contributed by atoms with Crippen LogP contribution in [0.1, 0.15) is 31.9 Å². The molecule has 0 spiro atoms. The molecule has 0 N–H and O–H groups in total. The Bertz CT molecular complexity index is 1440. The first-order chi connectivity index (χ1) is 22.7. The highest BCUT2D eigenvalue weighted by Crippen LogP contribution is 2.40. The molecule has 1 fully saturated rings. The van der Waals surface area contributed by atoms with Crippen molar-refractivity contribution in [3.63, 3.8) is 0 Å². The standard InChI is InChI=1S/C38H46BO6PSi/c1-38(2,3)47(31-22-14-8-15-23-31,32-24-16-9-17-25-32)43-28-33-34(41-26-29-18-10-6-11-19-29)35(42-27-30-20-12-7-13-21-30)36(45-46(5)39)37(40-4)44-33/h6-25,33-37H,26-28H2,1-5H3. The first kappa shape index (κ1) is 35.7. The molecule has 6 nitrogen and oxygen atoms in total. The second-order valence-corrected chi connectivity index (χ2v) is 18.5. The highest BCUT2D eigenvalue weighted by atomic mass is 31.1. The van der Waals surface area contributed by atoms with E-state index in [9.17, 15) is 0 Å². The molecule has 1 aliphatic heterocycles. The zero-order chi connectivity index (χ0) is 33.3. The van der Waals surface area contributed by atoms with Gasteiger partial charge in [0.2, 0.25) is 0 Å². The summed E-state index contributed by atoms with van der Waals surface area (Å²) >= 11 is 0. The largest absolute Gasteiger partial charge is 0.405 e. The molecule has 4 aromatic carbocycles. The van der Waals surface area contributed by atoms with Gasteiger partial charge >= 0.3 is 0 Å². The lowest BCUT2D eigenvalue weighted by Crippen LogP contribution is -2.68. The van der Waals surface area contributed by atoms with Crippen molar-refractivity contribution in [2.45, 2.75) is 69.7 Å². The summed E-state index contributed by atoms with van der Waals surface area (Å²) in [7, 11) is 3.74. The average molecular weight is 669 g/mol. The summed E-state index contributed by atoms with van der Waals surface area (Å²) in [6.45, 7) is 9.64.